The van der Waals surface area contributed by atoms with E-state index < -0.39 is 0 Å². The summed E-state index contributed by atoms with van der Waals surface area (Å²) in [6, 6.07) is 18.7. The van der Waals surface area contributed by atoms with Crippen molar-refractivity contribution >= 4 is 11.8 Å². The summed E-state index contributed by atoms with van der Waals surface area (Å²) in [7, 11) is 1.70. The smallest absolute Gasteiger partial charge is 0.224 e. The number of aromatic nitrogens is 2. The van der Waals surface area contributed by atoms with E-state index in [1.807, 2.05) is 30.5 Å². The van der Waals surface area contributed by atoms with E-state index in [9.17, 15) is 0 Å². The average molecular weight is 360 g/mol. The lowest BCUT2D eigenvalue weighted by atomic mass is 10.00. The molecular weight excluding hydrogens is 336 g/mol. The van der Waals surface area contributed by atoms with E-state index >= 15 is 0 Å². The minimum Gasteiger partial charge on any atom is -0.496 e. The number of benzene rings is 2. The molecule has 1 N–H and O–H groups in total. The van der Waals surface area contributed by atoms with Crippen LogP contribution in [0.15, 0.2) is 60.8 Å². The number of methoxy groups -OCH3 is 1. The summed E-state index contributed by atoms with van der Waals surface area (Å²) in [5, 5.41) is 3.34. The van der Waals surface area contributed by atoms with Gasteiger partial charge < -0.3 is 15.0 Å². The van der Waals surface area contributed by atoms with Gasteiger partial charge in [-0.1, -0.05) is 42.5 Å². The lowest BCUT2D eigenvalue weighted by molar-refractivity contribution is 0.410. The van der Waals surface area contributed by atoms with Crippen molar-refractivity contribution < 1.29 is 4.74 Å². The van der Waals surface area contributed by atoms with Crippen LogP contribution in [-0.2, 0) is 19.4 Å². The molecule has 2 aromatic carbocycles. The molecule has 1 aliphatic rings. The Labute approximate surface area is 160 Å². The zero-order valence-corrected chi connectivity index (χ0v) is 15.6. The monoisotopic (exact) mass is 360 g/mol. The van der Waals surface area contributed by atoms with Gasteiger partial charge in [0.15, 0.2) is 0 Å². The van der Waals surface area contributed by atoms with Crippen LogP contribution < -0.4 is 15.0 Å². The first-order chi connectivity index (χ1) is 13.3. The molecule has 0 atom stereocenters. The molecule has 0 unspecified atom stereocenters. The molecule has 0 saturated carbocycles. The van der Waals surface area contributed by atoms with Crippen molar-refractivity contribution in [2.45, 2.75) is 19.4 Å². The maximum absolute atomic E-state index is 5.41. The quantitative estimate of drug-likeness (QED) is 0.726. The number of rotatable bonds is 6. The molecule has 3 aromatic rings. The summed E-state index contributed by atoms with van der Waals surface area (Å²) in [5.41, 5.74) is 4.00. The van der Waals surface area contributed by atoms with Gasteiger partial charge in [0.2, 0.25) is 5.95 Å². The van der Waals surface area contributed by atoms with Crippen molar-refractivity contribution in [2.75, 3.05) is 30.4 Å². The van der Waals surface area contributed by atoms with E-state index in [4.69, 9.17) is 9.72 Å². The number of ether oxygens (including phenoxy) is 1. The third kappa shape index (κ3) is 4.03. The molecule has 0 bridgehead atoms. The number of nitrogens with one attached hydrogen (secondary N) is 1. The van der Waals surface area contributed by atoms with Crippen LogP contribution in [0.4, 0.5) is 11.8 Å². The molecule has 1 aliphatic heterocycles. The van der Waals surface area contributed by atoms with E-state index in [0.717, 1.165) is 44.0 Å². The zero-order valence-electron chi connectivity index (χ0n) is 15.6. The van der Waals surface area contributed by atoms with E-state index in [-0.39, 0.29) is 0 Å². The van der Waals surface area contributed by atoms with Gasteiger partial charge in [0.1, 0.15) is 11.6 Å². The van der Waals surface area contributed by atoms with Crippen molar-refractivity contribution in [1.29, 1.82) is 0 Å². The van der Waals surface area contributed by atoms with Crippen molar-refractivity contribution in [1.82, 2.24) is 9.97 Å². The Balaban J connectivity index is 1.40. The Morgan fingerprint density at radius 1 is 1.04 bits per heavy atom. The molecule has 0 aliphatic carbocycles. The SMILES string of the molecule is COc1ccccc1CCNc1nccc(N2CCc3ccccc3C2)n1. The van der Waals surface area contributed by atoms with Gasteiger partial charge in [-0.15, -0.1) is 0 Å². The fourth-order valence-corrected chi connectivity index (χ4v) is 3.52. The Morgan fingerprint density at radius 2 is 1.85 bits per heavy atom. The summed E-state index contributed by atoms with van der Waals surface area (Å²) in [4.78, 5) is 11.4. The van der Waals surface area contributed by atoms with Crippen molar-refractivity contribution in [3.05, 3.63) is 77.5 Å². The topological polar surface area (TPSA) is 50.3 Å². The lowest BCUT2D eigenvalue weighted by Gasteiger charge is -2.29. The first kappa shape index (κ1) is 17.3. The third-order valence-corrected chi connectivity index (χ3v) is 4.97. The van der Waals surface area contributed by atoms with Gasteiger partial charge in [-0.3, -0.25) is 0 Å². The molecule has 0 amide bonds. The summed E-state index contributed by atoms with van der Waals surface area (Å²) in [6.45, 7) is 2.63. The molecule has 27 heavy (non-hydrogen) atoms. The fourth-order valence-electron chi connectivity index (χ4n) is 3.52. The Bertz CT molecular complexity index is 912. The van der Waals surface area contributed by atoms with Gasteiger partial charge >= 0.3 is 0 Å². The van der Waals surface area contributed by atoms with Gasteiger partial charge in [0.05, 0.1) is 7.11 Å². The second kappa shape index (κ2) is 8.08. The second-order valence-electron chi connectivity index (χ2n) is 6.67. The molecule has 2 heterocycles. The molecule has 0 radical (unpaired) electrons. The standard InChI is InChI=1S/C22H24N4O/c1-27-20-9-5-4-7-18(20)10-13-23-22-24-14-11-21(25-22)26-15-12-17-6-2-3-8-19(17)16-26/h2-9,11,14H,10,12-13,15-16H2,1H3,(H,23,24,25). The molecule has 5 heteroatoms. The molecule has 0 fully saturated rings. The van der Waals surface area contributed by atoms with Crippen molar-refractivity contribution in [3.63, 3.8) is 0 Å². The van der Waals surface area contributed by atoms with E-state index in [1.165, 1.54) is 16.7 Å². The normalized spacial score (nSPS) is 13.1. The van der Waals surface area contributed by atoms with Crippen LogP contribution in [-0.4, -0.2) is 30.2 Å². The average Bonchev–Trinajstić information content (AvgIpc) is 2.74. The second-order valence-corrected chi connectivity index (χ2v) is 6.67. The Kier molecular flexibility index (Phi) is 5.19. The minimum absolute atomic E-state index is 0.668. The van der Waals surface area contributed by atoms with Crippen LogP contribution in [0.5, 0.6) is 5.75 Å². The highest BCUT2D eigenvalue weighted by molar-refractivity contribution is 5.46. The van der Waals surface area contributed by atoms with Crippen LogP contribution in [0.2, 0.25) is 0 Å². The molecule has 0 spiro atoms. The van der Waals surface area contributed by atoms with E-state index in [1.54, 1.807) is 7.11 Å². The number of hydrogen-bond acceptors (Lipinski definition) is 5. The fraction of sp³-hybridized carbons (Fsp3) is 0.273. The molecule has 138 valence electrons. The predicted octanol–water partition coefficient (Wildman–Crippen LogP) is 3.70. The highest BCUT2D eigenvalue weighted by Crippen LogP contribution is 2.23. The van der Waals surface area contributed by atoms with Gasteiger partial charge in [0.25, 0.3) is 0 Å². The van der Waals surface area contributed by atoms with Crippen LogP contribution >= 0.6 is 0 Å². The maximum atomic E-state index is 5.41. The van der Waals surface area contributed by atoms with Crippen molar-refractivity contribution in [2.24, 2.45) is 0 Å². The number of fused-ring (bicyclic) bond motifs is 1. The first-order valence-corrected chi connectivity index (χ1v) is 9.34. The van der Waals surface area contributed by atoms with Crippen molar-refractivity contribution in [3.8, 4) is 5.75 Å². The lowest BCUT2D eigenvalue weighted by Crippen LogP contribution is -2.31. The highest BCUT2D eigenvalue weighted by Gasteiger charge is 2.17. The number of anilines is 2. The minimum atomic E-state index is 0.668. The van der Waals surface area contributed by atoms with Gasteiger partial charge in [0, 0.05) is 25.8 Å². The zero-order chi connectivity index (χ0) is 18.5. The Morgan fingerprint density at radius 3 is 2.74 bits per heavy atom. The molecular formula is C22H24N4O. The third-order valence-electron chi connectivity index (χ3n) is 4.97. The van der Waals surface area contributed by atoms with Gasteiger partial charge in [-0.25, -0.2) is 4.98 Å². The summed E-state index contributed by atoms with van der Waals surface area (Å²) >= 11 is 0. The number of nitrogens with zero attached hydrogens (tertiary/aromatic N) is 3. The molecule has 1 aromatic heterocycles. The first-order valence-electron chi connectivity index (χ1n) is 9.34. The highest BCUT2D eigenvalue weighted by atomic mass is 16.5. The van der Waals surface area contributed by atoms with Crippen LogP contribution in [0.3, 0.4) is 0 Å². The number of hydrogen-bond donors (Lipinski definition) is 1. The summed E-state index contributed by atoms with van der Waals surface area (Å²) < 4.78 is 5.41. The summed E-state index contributed by atoms with van der Waals surface area (Å²) in [6.07, 6.45) is 3.74. The van der Waals surface area contributed by atoms with Gasteiger partial charge in [-0.05, 0) is 41.7 Å². The molecule has 0 saturated heterocycles. The van der Waals surface area contributed by atoms with E-state index in [2.05, 4.69) is 45.5 Å². The van der Waals surface area contributed by atoms with E-state index in [0.29, 0.717) is 5.95 Å². The molecule has 4 rings (SSSR count). The van der Waals surface area contributed by atoms with Crippen LogP contribution in [0.1, 0.15) is 16.7 Å². The number of para-hydroxylation sites is 1. The largest absolute Gasteiger partial charge is 0.496 e. The molecule has 5 nitrogen and oxygen atoms in total. The van der Waals surface area contributed by atoms with Crippen LogP contribution in [0.25, 0.3) is 0 Å². The van der Waals surface area contributed by atoms with Crippen LogP contribution in [0, 0.1) is 0 Å². The Hall–Kier alpha value is -3.08. The predicted molar refractivity (Wildman–Crippen MR) is 108 cm³/mol. The summed E-state index contributed by atoms with van der Waals surface area (Å²) in [5.74, 6) is 2.56. The maximum Gasteiger partial charge on any atom is 0.224 e. The van der Waals surface area contributed by atoms with Gasteiger partial charge in [-0.2, -0.15) is 4.98 Å².